The van der Waals surface area contributed by atoms with E-state index in [0.29, 0.717) is 13.0 Å². The number of imide groups is 1. The van der Waals surface area contributed by atoms with Crippen LogP contribution in [0.15, 0.2) is 60.7 Å². The Labute approximate surface area is 189 Å². The minimum Gasteiger partial charge on any atom is -0.384 e. The molecule has 0 bridgehead atoms. The molecule has 0 atom stereocenters. The molecule has 32 heavy (non-hydrogen) atoms. The monoisotopic (exact) mass is 437 g/mol. The van der Waals surface area contributed by atoms with Crippen molar-refractivity contribution in [3.8, 4) is 0 Å². The molecule has 2 aromatic carbocycles. The smallest absolute Gasteiger partial charge is 0.324 e. The number of hydrogen-bond acceptors (Lipinski definition) is 4. The fraction of sp³-hybridized carbons (Fsp3) is 0.400. The van der Waals surface area contributed by atoms with Crippen LogP contribution >= 0.6 is 0 Å². The van der Waals surface area contributed by atoms with Gasteiger partial charge in [0.2, 0.25) is 11.8 Å². The van der Waals surface area contributed by atoms with Gasteiger partial charge in [0.15, 0.2) is 0 Å². The molecule has 0 aromatic heterocycles. The minimum absolute atomic E-state index is 0.152. The molecule has 2 aliphatic heterocycles. The summed E-state index contributed by atoms with van der Waals surface area (Å²) in [5.41, 5.74) is 1.86. The zero-order chi connectivity index (χ0) is 22.8. The first-order valence-corrected chi connectivity index (χ1v) is 11.2. The number of nitrogens with zero attached hydrogens (tertiary/aromatic N) is 2. The molecule has 0 unspecified atom stereocenters. The average Bonchev–Trinajstić information content (AvgIpc) is 3.47. The van der Waals surface area contributed by atoms with Crippen LogP contribution in [0.4, 0.5) is 4.79 Å². The van der Waals surface area contributed by atoms with Gasteiger partial charge in [0.25, 0.3) is 0 Å². The van der Waals surface area contributed by atoms with Crippen molar-refractivity contribution < 1.29 is 19.5 Å². The Balaban J connectivity index is 0.000000186. The van der Waals surface area contributed by atoms with Crippen LogP contribution in [0.1, 0.15) is 49.3 Å². The molecule has 7 heteroatoms. The van der Waals surface area contributed by atoms with Gasteiger partial charge in [0, 0.05) is 26.1 Å². The van der Waals surface area contributed by atoms with E-state index in [0.717, 1.165) is 49.9 Å². The molecule has 4 amide bonds. The van der Waals surface area contributed by atoms with Gasteiger partial charge in [-0.2, -0.15) is 0 Å². The van der Waals surface area contributed by atoms with Gasteiger partial charge in [-0.3, -0.25) is 14.9 Å². The van der Waals surface area contributed by atoms with Crippen molar-refractivity contribution in [1.29, 1.82) is 0 Å². The number of nitrogens with one attached hydrogen (secondary N) is 1. The number of unbranched alkanes of at least 4 members (excludes halogenated alkanes) is 1. The fourth-order valence-electron chi connectivity index (χ4n) is 3.83. The minimum atomic E-state index is -0.516. The maximum Gasteiger partial charge on any atom is 0.324 e. The van der Waals surface area contributed by atoms with Gasteiger partial charge < -0.3 is 14.9 Å². The number of carbonyl (C=O) groups excluding carboxylic acids is 3. The SMILES string of the molecule is O=C1CN(CCCCC(=O)N2CCCC2)C(=O)N1.OC(c1ccccc1)c1ccccc1. The molecule has 4 rings (SSSR count). The summed E-state index contributed by atoms with van der Waals surface area (Å²) in [6.07, 6.45) is 3.79. The second-order valence-electron chi connectivity index (χ2n) is 8.04. The lowest BCUT2D eigenvalue weighted by atomic mass is 10.0. The highest BCUT2D eigenvalue weighted by Crippen LogP contribution is 2.20. The molecule has 0 saturated carbocycles. The summed E-state index contributed by atoms with van der Waals surface area (Å²) in [6, 6.07) is 19.0. The summed E-state index contributed by atoms with van der Waals surface area (Å²) in [5.74, 6) is -0.0254. The maximum absolute atomic E-state index is 11.7. The predicted octanol–water partition coefficient (Wildman–Crippen LogP) is 3.10. The van der Waals surface area contributed by atoms with Crippen molar-refractivity contribution in [2.75, 3.05) is 26.2 Å². The number of rotatable bonds is 7. The van der Waals surface area contributed by atoms with E-state index < -0.39 is 6.10 Å². The van der Waals surface area contributed by atoms with E-state index in [1.807, 2.05) is 65.6 Å². The second kappa shape index (κ2) is 12.0. The van der Waals surface area contributed by atoms with Crippen LogP contribution in [0.2, 0.25) is 0 Å². The van der Waals surface area contributed by atoms with Crippen LogP contribution in [-0.2, 0) is 9.59 Å². The van der Waals surface area contributed by atoms with Crippen molar-refractivity contribution in [3.05, 3.63) is 71.8 Å². The molecule has 2 aliphatic rings. The summed E-state index contributed by atoms with van der Waals surface area (Å²) in [7, 11) is 0. The molecule has 0 radical (unpaired) electrons. The Hall–Kier alpha value is -3.19. The van der Waals surface area contributed by atoms with Gasteiger partial charge in [-0.15, -0.1) is 0 Å². The van der Waals surface area contributed by atoms with Gasteiger partial charge in [0.1, 0.15) is 12.6 Å². The molecule has 0 aliphatic carbocycles. The first-order chi connectivity index (χ1) is 15.5. The van der Waals surface area contributed by atoms with Crippen LogP contribution in [0, 0.1) is 0 Å². The standard InChI is InChI=1S/C13H12O.C12H19N3O3/c14-13(11-7-3-1-4-8-11)12-9-5-2-6-10-12;16-10-9-15(12(18)13-10)8-2-1-5-11(17)14-6-3-4-7-14/h1-10,13-14H;1-9H2,(H,13,16,18). The lowest BCUT2D eigenvalue weighted by molar-refractivity contribution is -0.130. The molecule has 2 saturated heterocycles. The van der Waals surface area contributed by atoms with E-state index in [1.54, 1.807) is 0 Å². The summed E-state index contributed by atoms with van der Waals surface area (Å²) < 4.78 is 0. The summed E-state index contributed by atoms with van der Waals surface area (Å²) in [5, 5.41) is 12.2. The van der Waals surface area contributed by atoms with Crippen molar-refractivity contribution in [1.82, 2.24) is 15.1 Å². The lowest BCUT2D eigenvalue weighted by Crippen LogP contribution is -2.30. The molecule has 170 valence electrons. The zero-order valence-electron chi connectivity index (χ0n) is 18.3. The molecule has 2 heterocycles. The van der Waals surface area contributed by atoms with Crippen molar-refractivity contribution in [2.24, 2.45) is 0 Å². The molecular weight excluding hydrogens is 406 g/mol. The van der Waals surface area contributed by atoms with E-state index in [4.69, 9.17) is 0 Å². The van der Waals surface area contributed by atoms with E-state index in [9.17, 15) is 19.5 Å². The number of hydrogen-bond donors (Lipinski definition) is 2. The van der Waals surface area contributed by atoms with Crippen LogP contribution in [0.5, 0.6) is 0 Å². The van der Waals surface area contributed by atoms with Gasteiger partial charge in [0.05, 0.1) is 0 Å². The third-order valence-corrected chi connectivity index (χ3v) is 5.63. The first-order valence-electron chi connectivity index (χ1n) is 11.2. The molecule has 2 fully saturated rings. The third kappa shape index (κ3) is 6.92. The maximum atomic E-state index is 11.7. The number of aliphatic hydroxyl groups is 1. The highest BCUT2D eigenvalue weighted by Gasteiger charge is 2.26. The molecule has 2 N–H and O–H groups in total. The van der Waals surface area contributed by atoms with E-state index >= 15 is 0 Å². The summed E-state index contributed by atoms with van der Waals surface area (Å²) >= 11 is 0. The van der Waals surface area contributed by atoms with Crippen molar-refractivity contribution in [3.63, 3.8) is 0 Å². The van der Waals surface area contributed by atoms with Crippen LogP contribution < -0.4 is 5.32 Å². The highest BCUT2D eigenvalue weighted by atomic mass is 16.3. The second-order valence-corrected chi connectivity index (χ2v) is 8.04. The number of benzene rings is 2. The number of urea groups is 1. The molecule has 0 spiro atoms. The quantitative estimate of drug-likeness (QED) is 0.515. The Morgan fingerprint density at radius 3 is 1.97 bits per heavy atom. The number of aliphatic hydroxyl groups excluding tert-OH is 1. The van der Waals surface area contributed by atoms with E-state index in [2.05, 4.69) is 5.32 Å². The number of likely N-dealkylation sites (tertiary alicyclic amines) is 1. The van der Waals surface area contributed by atoms with E-state index in [-0.39, 0.29) is 24.4 Å². The Morgan fingerprint density at radius 1 is 0.906 bits per heavy atom. The van der Waals surface area contributed by atoms with Crippen LogP contribution in [0.25, 0.3) is 0 Å². The number of carbonyl (C=O) groups is 3. The summed E-state index contributed by atoms with van der Waals surface area (Å²) in [4.78, 5) is 37.3. The number of amides is 4. The molecule has 2 aromatic rings. The van der Waals surface area contributed by atoms with Gasteiger partial charge in [-0.05, 0) is 36.8 Å². The van der Waals surface area contributed by atoms with E-state index in [1.165, 1.54) is 4.90 Å². The zero-order valence-corrected chi connectivity index (χ0v) is 18.3. The van der Waals surface area contributed by atoms with Gasteiger partial charge in [-0.25, -0.2) is 4.79 Å². The van der Waals surface area contributed by atoms with Crippen molar-refractivity contribution in [2.45, 2.75) is 38.2 Å². The topological polar surface area (TPSA) is 90.0 Å². The Kier molecular flexibility index (Phi) is 8.80. The first kappa shape index (κ1) is 23.5. The largest absolute Gasteiger partial charge is 0.384 e. The lowest BCUT2D eigenvalue weighted by Gasteiger charge is -2.16. The predicted molar refractivity (Wildman–Crippen MR) is 122 cm³/mol. The van der Waals surface area contributed by atoms with Gasteiger partial charge in [-0.1, -0.05) is 60.7 Å². The molecular formula is C25H31N3O4. The normalized spacial score (nSPS) is 15.6. The van der Waals surface area contributed by atoms with Crippen molar-refractivity contribution >= 4 is 17.8 Å². The molecule has 7 nitrogen and oxygen atoms in total. The van der Waals surface area contributed by atoms with Gasteiger partial charge >= 0.3 is 6.03 Å². The summed E-state index contributed by atoms with van der Waals surface area (Å²) in [6.45, 7) is 2.48. The Bertz CT molecular complexity index is 843. The van der Waals surface area contributed by atoms with Crippen LogP contribution in [0.3, 0.4) is 0 Å². The highest BCUT2D eigenvalue weighted by molar-refractivity contribution is 6.01. The average molecular weight is 438 g/mol. The third-order valence-electron chi connectivity index (χ3n) is 5.63. The Morgan fingerprint density at radius 2 is 1.47 bits per heavy atom. The fourth-order valence-corrected chi connectivity index (χ4v) is 3.83. The van der Waals surface area contributed by atoms with Crippen LogP contribution in [-0.4, -0.2) is 58.9 Å².